The van der Waals surface area contributed by atoms with Crippen molar-refractivity contribution in [3.05, 3.63) is 23.8 Å². The summed E-state index contributed by atoms with van der Waals surface area (Å²) in [5, 5.41) is 3.94. The van der Waals surface area contributed by atoms with Crippen molar-refractivity contribution in [2.24, 2.45) is 0 Å². The van der Waals surface area contributed by atoms with Crippen LogP contribution in [0.3, 0.4) is 0 Å². The predicted molar refractivity (Wildman–Crippen MR) is 46.9 cm³/mol. The fourth-order valence-corrected chi connectivity index (χ4v) is 1.17. The topological polar surface area (TPSA) is 69.4 Å². The Morgan fingerprint density at radius 2 is 2.36 bits per heavy atom. The lowest BCUT2D eigenvalue weighted by atomic mass is 10.3. The first-order valence-corrected chi connectivity index (χ1v) is 3.98. The molecule has 2 aromatic heterocycles. The molecule has 2 heterocycles. The summed E-state index contributed by atoms with van der Waals surface area (Å²) in [6.07, 6.45) is 1.39. The van der Waals surface area contributed by atoms with E-state index in [1.807, 2.05) is 6.92 Å². The number of carbonyl (C=O) groups is 1. The largest absolute Gasteiger partial charge is 0.464 e. The minimum atomic E-state index is -0.474. The van der Waals surface area contributed by atoms with Gasteiger partial charge in [0.1, 0.15) is 6.33 Å². The zero-order valence-electron chi connectivity index (χ0n) is 7.76. The van der Waals surface area contributed by atoms with Gasteiger partial charge in [0.2, 0.25) is 0 Å². The number of rotatable bonds is 1. The van der Waals surface area contributed by atoms with Gasteiger partial charge in [-0.05, 0) is 13.0 Å². The quantitative estimate of drug-likeness (QED) is 0.604. The fraction of sp³-hybridized carbons (Fsp3) is 0.250. The van der Waals surface area contributed by atoms with Gasteiger partial charge in [0.15, 0.2) is 5.69 Å². The highest BCUT2D eigenvalue weighted by Gasteiger charge is 2.10. The number of carbonyl (C=O) groups excluding carboxylic acids is 1. The SMILES string of the molecule is COC(=O)c1cc(C)n2ncnc2n1. The Morgan fingerprint density at radius 1 is 1.57 bits per heavy atom. The van der Waals surface area contributed by atoms with Crippen LogP contribution in [0, 0.1) is 6.92 Å². The molecular weight excluding hydrogens is 184 g/mol. The molecule has 0 aliphatic carbocycles. The van der Waals surface area contributed by atoms with Crippen LogP contribution in [-0.2, 0) is 4.74 Å². The Morgan fingerprint density at radius 3 is 3.07 bits per heavy atom. The van der Waals surface area contributed by atoms with Gasteiger partial charge in [-0.15, -0.1) is 0 Å². The number of aromatic nitrogens is 4. The normalized spacial score (nSPS) is 10.4. The van der Waals surface area contributed by atoms with Crippen molar-refractivity contribution < 1.29 is 9.53 Å². The molecule has 0 N–H and O–H groups in total. The van der Waals surface area contributed by atoms with Crippen LogP contribution in [0.15, 0.2) is 12.4 Å². The number of fused-ring (bicyclic) bond motifs is 1. The third kappa shape index (κ3) is 1.20. The van der Waals surface area contributed by atoms with Crippen molar-refractivity contribution in [1.29, 1.82) is 0 Å². The Balaban J connectivity index is 2.64. The van der Waals surface area contributed by atoms with Gasteiger partial charge in [-0.2, -0.15) is 10.1 Å². The van der Waals surface area contributed by atoms with E-state index in [4.69, 9.17) is 0 Å². The molecule has 0 fully saturated rings. The summed E-state index contributed by atoms with van der Waals surface area (Å²) < 4.78 is 6.11. The lowest BCUT2D eigenvalue weighted by Gasteiger charge is -2.00. The van der Waals surface area contributed by atoms with Gasteiger partial charge >= 0.3 is 5.97 Å². The maximum atomic E-state index is 11.2. The van der Waals surface area contributed by atoms with Crippen LogP contribution in [-0.4, -0.2) is 32.7 Å². The predicted octanol–water partition coefficient (Wildman–Crippen LogP) is 0.219. The van der Waals surface area contributed by atoms with Crippen LogP contribution < -0.4 is 0 Å². The van der Waals surface area contributed by atoms with Gasteiger partial charge in [0.05, 0.1) is 7.11 Å². The Labute approximate surface area is 79.5 Å². The molecule has 0 aliphatic heterocycles. The number of ether oxygens (including phenoxy) is 1. The Bertz CT molecular complexity index is 491. The smallest absolute Gasteiger partial charge is 0.356 e. The average Bonchev–Trinajstić information content (AvgIpc) is 2.64. The molecule has 0 aromatic carbocycles. The summed E-state index contributed by atoms with van der Waals surface area (Å²) in [6.45, 7) is 1.82. The van der Waals surface area contributed by atoms with E-state index in [9.17, 15) is 4.79 Å². The van der Waals surface area contributed by atoms with Gasteiger partial charge < -0.3 is 4.74 Å². The van der Waals surface area contributed by atoms with E-state index >= 15 is 0 Å². The van der Waals surface area contributed by atoms with E-state index in [2.05, 4.69) is 19.8 Å². The second-order valence-electron chi connectivity index (χ2n) is 2.75. The van der Waals surface area contributed by atoms with Crippen LogP contribution >= 0.6 is 0 Å². The van der Waals surface area contributed by atoms with Crippen molar-refractivity contribution >= 4 is 11.7 Å². The number of hydrogen-bond acceptors (Lipinski definition) is 5. The molecule has 6 heteroatoms. The number of nitrogens with zero attached hydrogens (tertiary/aromatic N) is 4. The standard InChI is InChI=1S/C8H8N4O2/c1-5-3-6(7(13)14-2)11-8-9-4-10-12(5)8/h3-4H,1-2H3. The van der Waals surface area contributed by atoms with Gasteiger partial charge in [-0.1, -0.05) is 0 Å². The summed E-state index contributed by atoms with van der Waals surface area (Å²) >= 11 is 0. The first-order chi connectivity index (χ1) is 6.72. The van der Waals surface area contributed by atoms with Gasteiger partial charge in [0, 0.05) is 5.69 Å². The molecule has 0 saturated carbocycles. The molecule has 2 rings (SSSR count). The molecule has 0 radical (unpaired) electrons. The molecular formula is C8H8N4O2. The zero-order chi connectivity index (χ0) is 10.1. The van der Waals surface area contributed by atoms with Gasteiger partial charge in [0.25, 0.3) is 5.78 Å². The van der Waals surface area contributed by atoms with E-state index < -0.39 is 5.97 Å². The molecule has 0 unspecified atom stereocenters. The molecule has 2 aromatic rings. The maximum Gasteiger partial charge on any atom is 0.356 e. The van der Waals surface area contributed by atoms with Crippen molar-refractivity contribution in [2.45, 2.75) is 6.92 Å². The van der Waals surface area contributed by atoms with Crippen LogP contribution in [0.1, 0.15) is 16.2 Å². The lowest BCUT2D eigenvalue weighted by molar-refractivity contribution is 0.0594. The van der Waals surface area contributed by atoms with Crippen LogP contribution in [0.25, 0.3) is 5.78 Å². The highest BCUT2D eigenvalue weighted by atomic mass is 16.5. The van der Waals surface area contributed by atoms with E-state index in [0.29, 0.717) is 5.78 Å². The van der Waals surface area contributed by atoms with E-state index in [1.165, 1.54) is 13.4 Å². The average molecular weight is 192 g/mol. The minimum Gasteiger partial charge on any atom is -0.464 e. The highest BCUT2D eigenvalue weighted by Crippen LogP contribution is 2.04. The van der Waals surface area contributed by atoms with Gasteiger partial charge in [-0.25, -0.2) is 14.3 Å². The fourth-order valence-electron chi connectivity index (χ4n) is 1.17. The first kappa shape index (κ1) is 8.61. The minimum absolute atomic E-state index is 0.241. The molecule has 14 heavy (non-hydrogen) atoms. The molecule has 0 spiro atoms. The second kappa shape index (κ2) is 3.06. The maximum absolute atomic E-state index is 11.2. The second-order valence-corrected chi connectivity index (χ2v) is 2.75. The molecule has 0 bridgehead atoms. The van der Waals surface area contributed by atoms with Crippen molar-refractivity contribution in [2.75, 3.05) is 7.11 Å². The van der Waals surface area contributed by atoms with Crippen molar-refractivity contribution in [3.8, 4) is 0 Å². The van der Waals surface area contributed by atoms with E-state index in [-0.39, 0.29) is 5.69 Å². The number of hydrogen-bond donors (Lipinski definition) is 0. The molecule has 0 saturated heterocycles. The number of methoxy groups -OCH3 is 1. The van der Waals surface area contributed by atoms with Crippen LogP contribution in [0.2, 0.25) is 0 Å². The number of aryl methyl sites for hydroxylation is 1. The molecule has 72 valence electrons. The Hall–Kier alpha value is -1.98. The summed E-state index contributed by atoms with van der Waals surface area (Å²) in [5.74, 6) is -0.0796. The molecule has 0 amide bonds. The monoisotopic (exact) mass is 192 g/mol. The van der Waals surface area contributed by atoms with Crippen LogP contribution in [0.4, 0.5) is 0 Å². The summed E-state index contributed by atoms with van der Waals surface area (Å²) in [4.78, 5) is 19.1. The molecule has 0 atom stereocenters. The van der Waals surface area contributed by atoms with Crippen molar-refractivity contribution in [1.82, 2.24) is 19.6 Å². The van der Waals surface area contributed by atoms with E-state index in [0.717, 1.165) is 5.69 Å². The highest BCUT2D eigenvalue weighted by molar-refractivity contribution is 5.87. The summed E-state index contributed by atoms with van der Waals surface area (Å²) in [7, 11) is 1.31. The van der Waals surface area contributed by atoms with Crippen LogP contribution in [0.5, 0.6) is 0 Å². The Kier molecular flexibility index (Phi) is 1.88. The van der Waals surface area contributed by atoms with Crippen molar-refractivity contribution in [3.63, 3.8) is 0 Å². The lowest BCUT2D eigenvalue weighted by Crippen LogP contribution is -2.08. The molecule has 6 nitrogen and oxygen atoms in total. The van der Waals surface area contributed by atoms with Gasteiger partial charge in [-0.3, -0.25) is 0 Å². The third-order valence-corrected chi connectivity index (χ3v) is 1.82. The number of esters is 1. The molecule has 0 aliphatic rings. The summed E-state index contributed by atoms with van der Waals surface area (Å²) in [6, 6.07) is 1.60. The first-order valence-electron chi connectivity index (χ1n) is 3.98. The summed E-state index contributed by atoms with van der Waals surface area (Å²) in [5.41, 5.74) is 1.03. The third-order valence-electron chi connectivity index (χ3n) is 1.82. The zero-order valence-corrected chi connectivity index (χ0v) is 7.76. The van der Waals surface area contributed by atoms with E-state index in [1.54, 1.807) is 10.6 Å².